The predicted octanol–water partition coefficient (Wildman–Crippen LogP) is 2.31. The maximum Gasteiger partial charge on any atom is 0.223 e. The molecule has 0 bridgehead atoms. The molecule has 27 heavy (non-hydrogen) atoms. The van der Waals surface area contributed by atoms with Crippen molar-refractivity contribution in [3.63, 3.8) is 0 Å². The SMILES string of the molecule is CCNC(=NCc1cc(Cl)c2c(c1)OCCO2)NCCNC(=O)C1CC1.I. The van der Waals surface area contributed by atoms with Gasteiger partial charge in [0.1, 0.15) is 13.2 Å². The van der Waals surface area contributed by atoms with Crippen molar-refractivity contribution in [1.82, 2.24) is 16.0 Å². The lowest BCUT2D eigenvalue weighted by Gasteiger charge is -2.20. The number of ether oxygens (including phenoxy) is 2. The van der Waals surface area contributed by atoms with Crippen molar-refractivity contribution in [3.8, 4) is 11.5 Å². The summed E-state index contributed by atoms with van der Waals surface area (Å²) in [5, 5.41) is 9.87. The van der Waals surface area contributed by atoms with Crippen LogP contribution in [-0.4, -0.2) is 44.7 Å². The molecule has 1 aromatic carbocycles. The summed E-state index contributed by atoms with van der Waals surface area (Å²) in [6, 6.07) is 3.75. The number of halogens is 2. The molecule has 3 rings (SSSR count). The van der Waals surface area contributed by atoms with Crippen LogP contribution >= 0.6 is 35.6 Å². The van der Waals surface area contributed by atoms with E-state index in [0.717, 1.165) is 24.9 Å². The van der Waals surface area contributed by atoms with E-state index in [-0.39, 0.29) is 35.8 Å². The second-order valence-electron chi connectivity index (χ2n) is 6.29. The Morgan fingerprint density at radius 2 is 1.93 bits per heavy atom. The van der Waals surface area contributed by atoms with Crippen molar-refractivity contribution in [2.75, 3.05) is 32.8 Å². The standard InChI is InChI=1S/C18H25ClN4O3.HI/c1-2-20-18(22-6-5-21-17(24)13-3-4-13)23-11-12-9-14(19)16-15(10-12)25-7-8-26-16;/h9-10,13H,2-8,11H2,1H3,(H,21,24)(H2,20,22,23);1H. The van der Waals surface area contributed by atoms with Crippen LogP contribution in [0.15, 0.2) is 17.1 Å². The molecule has 0 saturated heterocycles. The quantitative estimate of drug-likeness (QED) is 0.228. The Balaban J connectivity index is 0.00000261. The fourth-order valence-electron chi connectivity index (χ4n) is 2.62. The third-order valence-electron chi connectivity index (χ3n) is 4.09. The first-order chi connectivity index (χ1) is 12.7. The van der Waals surface area contributed by atoms with Gasteiger partial charge in [0.15, 0.2) is 17.5 Å². The highest BCUT2D eigenvalue weighted by Gasteiger charge is 2.28. The summed E-state index contributed by atoms with van der Waals surface area (Å²) < 4.78 is 11.1. The molecule has 0 atom stereocenters. The van der Waals surface area contributed by atoms with Gasteiger partial charge >= 0.3 is 0 Å². The summed E-state index contributed by atoms with van der Waals surface area (Å²) in [6.07, 6.45) is 2.03. The van der Waals surface area contributed by atoms with Gasteiger partial charge in [-0.2, -0.15) is 0 Å². The highest BCUT2D eigenvalue weighted by Crippen LogP contribution is 2.38. The maximum absolute atomic E-state index is 11.6. The number of nitrogens with one attached hydrogen (secondary N) is 3. The number of carbonyl (C=O) groups is 1. The molecule has 9 heteroatoms. The molecule has 1 aliphatic heterocycles. The molecular formula is C18H26ClIN4O3. The van der Waals surface area contributed by atoms with Gasteiger partial charge in [-0.3, -0.25) is 4.79 Å². The van der Waals surface area contributed by atoms with Gasteiger partial charge in [0.05, 0.1) is 11.6 Å². The first-order valence-electron chi connectivity index (χ1n) is 9.05. The van der Waals surface area contributed by atoms with Gasteiger partial charge in [-0.1, -0.05) is 11.6 Å². The molecule has 1 amide bonds. The number of fused-ring (bicyclic) bond motifs is 1. The average molecular weight is 509 g/mol. The van der Waals surface area contributed by atoms with Crippen LogP contribution in [-0.2, 0) is 11.3 Å². The van der Waals surface area contributed by atoms with Crippen molar-refractivity contribution in [2.45, 2.75) is 26.3 Å². The van der Waals surface area contributed by atoms with Crippen molar-refractivity contribution >= 4 is 47.4 Å². The number of nitrogens with zero attached hydrogens (tertiary/aromatic N) is 1. The van der Waals surface area contributed by atoms with E-state index in [2.05, 4.69) is 20.9 Å². The molecule has 2 aliphatic rings. The number of hydrogen-bond acceptors (Lipinski definition) is 4. The minimum absolute atomic E-state index is 0. The number of carbonyl (C=O) groups excluding carboxylic acids is 1. The Labute approximate surface area is 181 Å². The number of guanidine groups is 1. The van der Waals surface area contributed by atoms with Crippen molar-refractivity contribution < 1.29 is 14.3 Å². The van der Waals surface area contributed by atoms with Crippen LogP contribution in [0.25, 0.3) is 0 Å². The molecule has 0 aromatic heterocycles. The van der Waals surface area contributed by atoms with Crippen LogP contribution in [0.3, 0.4) is 0 Å². The summed E-state index contributed by atoms with van der Waals surface area (Å²) in [7, 11) is 0. The van der Waals surface area contributed by atoms with Gasteiger partial charge in [-0.25, -0.2) is 4.99 Å². The van der Waals surface area contributed by atoms with Gasteiger partial charge in [-0.05, 0) is 37.5 Å². The molecule has 1 heterocycles. The number of amides is 1. The highest BCUT2D eigenvalue weighted by molar-refractivity contribution is 14.0. The van der Waals surface area contributed by atoms with E-state index in [4.69, 9.17) is 21.1 Å². The summed E-state index contributed by atoms with van der Waals surface area (Å²) in [5.41, 5.74) is 0.943. The molecule has 0 spiro atoms. The molecule has 7 nitrogen and oxygen atoms in total. The Hall–Kier alpha value is -1.42. The van der Waals surface area contributed by atoms with E-state index in [1.54, 1.807) is 0 Å². The number of benzene rings is 1. The normalized spacial score (nSPS) is 15.6. The highest BCUT2D eigenvalue weighted by atomic mass is 127. The zero-order chi connectivity index (χ0) is 18.4. The number of aliphatic imine (C=N–C) groups is 1. The second-order valence-corrected chi connectivity index (χ2v) is 6.70. The number of rotatable bonds is 7. The Morgan fingerprint density at radius 3 is 2.67 bits per heavy atom. The third kappa shape index (κ3) is 6.60. The topological polar surface area (TPSA) is 84.0 Å². The lowest BCUT2D eigenvalue weighted by molar-refractivity contribution is -0.122. The van der Waals surface area contributed by atoms with Crippen molar-refractivity contribution in [1.29, 1.82) is 0 Å². The fraction of sp³-hybridized carbons (Fsp3) is 0.556. The number of hydrogen-bond donors (Lipinski definition) is 3. The minimum Gasteiger partial charge on any atom is -0.486 e. The molecule has 0 unspecified atom stereocenters. The first-order valence-corrected chi connectivity index (χ1v) is 9.43. The summed E-state index contributed by atoms with van der Waals surface area (Å²) in [4.78, 5) is 16.2. The van der Waals surface area contributed by atoms with Crippen LogP contribution < -0.4 is 25.4 Å². The van der Waals surface area contributed by atoms with E-state index in [1.807, 2.05) is 19.1 Å². The van der Waals surface area contributed by atoms with Gasteiger partial charge in [0.25, 0.3) is 0 Å². The maximum atomic E-state index is 11.6. The lowest BCUT2D eigenvalue weighted by Crippen LogP contribution is -2.41. The van der Waals surface area contributed by atoms with Gasteiger partial charge in [0, 0.05) is 25.6 Å². The molecule has 150 valence electrons. The van der Waals surface area contributed by atoms with Crippen molar-refractivity contribution in [3.05, 3.63) is 22.7 Å². The summed E-state index contributed by atoms with van der Waals surface area (Å²) in [5.74, 6) is 2.34. The van der Waals surface area contributed by atoms with E-state index in [1.165, 1.54) is 0 Å². The molecular weight excluding hydrogens is 483 g/mol. The zero-order valence-electron chi connectivity index (χ0n) is 15.3. The second kappa shape index (κ2) is 10.8. The molecule has 3 N–H and O–H groups in total. The van der Waals surface area contributed by atoms with Gasteiger partial charge in [-0.15, -0.1) is 24.0 Å². The van der Waals surface area contributed by atoms with Crippen molar-refractivity contribution in [2.24, 2.45) is 10.9 Å². The predicted molar refractivity (Wildman–Crippen MR) is 116 cm³/mol. The lowest BCUT2D eigenvalue weighted by atomic mass is 10.2. The summed E-state index contributed by atoms with van der Waals surface area (Å²) >= 11 is 6.26. The van der Waals surface area contributed by atoms with E-state index in [0.29, 0.717) is 55.3 Å². The zero-order valence-corrected chi connectivity index (χ0v) is 18.4. The monoisotopic (exact) mass is 508 g/mol. The molecule has 0 radical (unpaired) electrons. The van der Waals surface area contributed by atoms with Crippen LogP contribution in [0.5, 0.6) is 11.5 Å². The largest absolute Gasteiger partial charge is 0.486 e. The van der Waals surface area contributed by atoms with Crippen LogP contribution in [0, 0.1) is 5.92 Å². The van der Waals surface area contributed by atoms with E-state index in [9.17, 15) is 4.79 Å². The first kappa shape index (κ1) is 21.9. The van der Waals surface area contributed by atoms with Gasteiger partial charge in [0.2, 0.25) is 5.91 Å². The Kier molecular flexibility index (Phi) is 8.75. The van der Waals surface area contributed by atoms with Gasteiger partial charge < -0.3 is 25.4 Å². The van der Waals surface area contributed by atoms with Crippen LogP contribution in [0.1, 0.15) is 25.3 Å². The molecule has 1 saturated carbocycles. The Morgan fingerprint density at radius 1 is 1.19 bits per heavy atom. The average Bonchev–Trinajstić information content (AvgIpc) is 3.48. The van der Waals surface area contributed by atoms with Crippen LogP contribution in [0.4, 0.5) is 0 Å². The molecule has 1 aliphatic carbocycles. The molecule has 1 fully saturated rings. The smallest absolute Gasteiger partial charge is 0.223 e. The van der Waals surface area contributed by atoms with Crippen LogP contribution in [0.2, 0.25) is 5.02 Å². The minimum atomic E-state index is 0. The fourth-order valence-corrected chi connectivity index (χ4v) is 2.91. The van der Waals surface area contributed by atoms with E-state index < -0.39 is 0 Å². The summed E-state index contributed by atoms with van der Waals surface area (Å²) in [6.45, 7) is 5.44. The van der Waals surface area contributed by atoms with E-state index >= 15 is 0 Å². The Bertz CT molecular complexity index is 683. The third-order valence-corrected chi connectivity index (χ3v) is 4.37. The molecule has 1 aromatic rings.